The maximum atomic E-state index is 12.8. The van der Waals surface area contributed by atoms with Crippen LogP contribution in [0.1, 0.15) is 89.7 Å². The Kier molecular flexibility index (Phi) is 11.3. The van der Waals surface area contributed by atoms with E-state index in [2.05, 4.69) is 26.1 Å². The van der Waals surface area contributed by atoms with E-state index in [9.17, 15) is 21.6 Å². The van der Waals surface area contributed by atoms with Gasteiger partial charge in [-0.25, -0.2) is 0 Å². The maximum Gasteiger partial charge on any atom is 0.500 e. The molecule has 1 amide bonds. The van der Waals surface area contributed by atoms with Gasteiger partial charge >= 0.3 is 20.5 Å². The quantitative estimate of drug-likeness (QED) is 0.120. The van der Waals surface area contributed by atoms with E-state index in [-0.39, 0.29) is 33.8 Å². The molecule has 268 valence electrons. The van der Waals surface area contributed by atoms with Gasteiger partial charge in [0.25, 0.3) is 5.91 Å². The van der Waals surface area contributed by atoms with Gasteiger partial charge in [-0.05, 0) is 124 Å². The molecule has 0 unspecified atom stereocenters. The van der Waals surface area contributed by atoms with Crippen LogP contribution in [0.15, 0.2) is 97.1 Å². The van der Waals surface area contributed by atoms with Gasteiger partial charge in [0.15, 0.2) is 0 Å². The molecule has 4 aromatic carbocycles. The van der Waals surface area contributed by atoms with Crippen LogP contribution < -0.4 is 22.6 Å². The second-order valence-corrected chi connectivity index (χ2v) is 16.9. The van der Waals surface area contributed by atoms with Crippen LogP contribution in [0, 0.1) is 0 Å². The average molecular weight is 724 g/mol. The van der Waals surface area contributed by atoms with Crippen molar-refractivity contribution in [3.63, 3.8) is 0 Å². The van der Waals surface area contributed by atoms with Crippen molar-refractivity contribution in [3.8, 4) is 23.0 Å². The predicted molar refractivity (Wildman–Crippen MR) is 195 cm³/mol. The number of amides is 1. The Bertz CT molecular complexity index is 1980. The van der Waals surface area contributed by atoms with Gasteiger partial charge in [-0.3, -0.25) is 4.79 Å². The van der Waals surface area contributed by atoms with E-state index in [0.717, 1.165) is 23.3 Å². The lowest BCUT2D eigenvalue weighted by atomic mass is 9.78. The van der Waals surface area contributed by atoms with E-state index in [0.29, 0.717) is 12.1 Å². The monoisotopic (exact) mass is 723 g/mol. The normalized spacial score (nSPS) is 12.6. The number of carbonyl (C=O) groups excluding carboxylic acids is 1. The highest BCUT2D eigenvalue weighted by molar-refractivity contribution is 7.88. The molecule has 10 nitrogen and oxygen atoms in total. The summed E-state index contributed by atoms with van der Waals surface area (Å²) in [5.74, 6) is 0.473. The molecule has 4 rings (SSSR count). The number of hydrogen-bond donors (Lipinski definition) is 1. The summed E-state index contributed by atoms with van der Waals surface area (Å²) < 4.78 is 70.9. The summed E-state index contributed by atoms with van der Waals surface area (Å²) in [4.78, 5) is 12.8. The van der Waals surface area contributed by atoms with Crippen LogP contribution in [0.5, 0.6) is 23.0 Å². The topological polar surface area (TPSA) is 134 Å². The fourth-order valence-electron chi connectivity index (χ4n) is 4.55. The summed E-state index contributed by atoms with van der Waals surface area (Å²) in [5, 5.41) is 2.69. The molecule has 1 N–H and O–H groups in total. The zero-order valence-electron chi connectivity index (χ0n) is 29.6. The third-order valence-corrected chi connectivity index (χ3v) is 11.6. The van der Waals surface area contributed by atoms with Crippen molar-refractivity contribution >= 4 is 32.1 Å². The fourth-order valence-corrected chi connectivity index (χ4v) is 6.22. The third-order valence-electron chi connectivity index (χ3n) is 8.76. The first kappa shape index (κ1) is 38.3. The van der Waals surface area contributed by atoms with Crippen LogP contribution >= 0.6 is 0 Å². The molecule has 0 spiro atoms. The number of anilines is 1. The first-order valence-corrected chi connectivity index (χ1v) is 19.0. The van der Waals surface area contributed by atoms with E-state index in [4.69, 9.17) is 17.3 Å². The Morgan fingerprint density at radius 1 is 0.580 bits per heavy atom. The molecule has 0 saturated heterocycles. The summed E-state index contributed by atoms with van der Waals surface area (Å²) in [7, 11) is -8.34. The van der Waals surface area contributed by atoms with E-state index in [1.54, 1.807) is 45.0 Å². The molecule has 0 bridgehead atoms. The van der Waals surface area contributed by atoms with Crippen LogP contribution in [0.2, 0.25) is 0 Å². The van der Waals surface area contributed by atoms with Crippen molar-refractivity contribution in [2.45, 2.75) is 84.0 Å². The first-order chi connectivity index (χ1) is 23.3. The molecule has 12 heteroatoms. The molecule has 0 aromatic heterocycles. The minimum Gasteiger partial charge on any atom is -0.488 e. The molecule has 0 aliphatic heterocycles. The molecule has 4 aromatic rings. The molecular weight excluding hydrogens is 679 g/mol. The fraction of sp³-hybridized carbons (Fsp3) is 0.342. The van der Waals surface area contributed by atoms with Crippen molar-refractivity contribution in [2.75, 3.05) is 5.32 Å². The second kappa shape index (κ2) is 14.7. The van der Waals surface area contributed by atoms with Gasteiger partial charge in [-0.1, -0.05) is 52.0 Å². The smallest absolute Gasteiger partial charge is 0.488 e. The van der Waals surface area contributed by atoms with Gasteiger partial charge in [0.2, 0.25) is 0 Å². The summed E-state index contributed by atoms with van der Waals surface area (Å²) >= 11 is 0. The minimum absolute atomic E-state index is 0.0493. The van der Waals surface area contributed by atoms with Gasteiger partial charge in [0.1, 0.15) is 33.3 Å². The Morgan fingerprint density at radius 3 is 1.46 bits per heavy atom. The molecule has 0 atom stereocenters. The molecule has 0 aliphatic rings. The van der Waals surface area contributed by atoms with E-state index >= 15 is 0 Å². The SMILES string of the molecule is CCC(C)(C)Oc1ccc(C(C)(C)c2ccc(OS(=O)(=O)Oc3ccc(C(=O)Nc4ccc(OS(=O)(=O)C(C)(C)CC)cc4)cc3)cc2)cc1. The summed E-state index contributed by atoms with van der Waals surface area (Å²) in [5.41, 5.74) is 2.01. The third kappa shape index (κ3) is 9.57. The second-order valence-electron chi connectivity index (χ2n) is 13.6. The summed E-state index contributed by atoms with van der Waals surface area (Å²) in [6.07, 6.45) is 1.26. The number of hydrogen-bond acceptors (Lipinski definition) is 9. The lowest BCUT2D eigenvalue weighted by molar-refractivity contribution is 0.102. The van der Waals surface area contributed by atoms with Crippen molar-refractivity contribution in [3.05, 3.63) is 114 Å². The lowest BCUT2D eigenvalue weighted by Gasteiger charge is -2.28. The Balaban J connectivity index is 1.33. The van der Waals surface area contributed by atoms with Gasteiger partial charge in [-0.2, -0.15) is 8.42 Å². The van der Waals surface area contributed by atoms with Gasteiger partial charge in [-0.15, -0.1) is 8.42 Å². The van der Waals surface area contributed by atoms with Gasteiger partial charge < -0.3 is 22.6 Å². The molecular formula is C38H45NO9S2. The number of benzene rings is 4. The Hall–Kier alpha value is -4.55. The maximum absolute atomic E-state index is 12.8. The Labute approximate surface area is 296 Å². The Morgan fingerprint density at radius 2 is 1.00 bits per heavy atom. The van der Waals surface area contributed by atoms with Gasteiger partial charge in [0.05, 0.1) is 0 Å². The van der Waals surface area contributed by atoms with Crippen LogP contribution in [0.4, 0.5) is 5.69 Å². The van der Waals surface area contributed by atoms with Crippen LogP contribution in [-0.2, 0) is 25.9 Å². The lowest BCUT2D eigenvalue weighted by Crippen LogP contribution is -2.34. The van der Waals surface area contributed by atoms with Crippen molar-refractivity contribution < 1.29 is 38.9 Å². The summed E-state index contributed by atoms with van der Waals surface area (Å²) in [6, 6.07) is 26.1. The molecule has 50 heavy (non-hydrogen) atoms. The average Bonchev–Trinajstić information content (AvgIpc) is 3.05. The zero-order chi connectivity index (χ0) is 37.0. The molecule has 0 saturated carbocycles. The predicted octanol–water partition coefficient (Wildman–Crippen LogP) is 8.43. The number of ether oxygens (including phenoxy) is 1. The molecule has 0 aliphatic carbocycles. The highest BCUT2D eigenvalue weighted by Gasteiger charge is 2.34. The largest absolute Gasteiger partial charge is 0.500 e. The summed E-state index contributed by atoms with van der Waals surface area (Å²) in [6.45, 7) is 15.3. The number of nitrogens with one attached hydrogen (secondary N) is 1. The standard InChI is InChI=1S/C38H45NO9S2/c1-9-36(3,4)45-31-21-13-28(14-22-31)38(7,8)29-15-23-34(24-16-29)48-50(43,44)47-33-19-11-27(12-20-33)35(40)39-30-17-25-32(26-18-30)46-49(41,42)37(5,6)10-2/h11-26H,9-10H2,1-8H3,(H,39,40). The van der Waals surface area contributed by atoms with Crippen molar-refractivity contribution in [1.29, 1.82) is 0 Å². The molecule has 0 heterocycles. The van der Waals surface area contributed by atoms with E-state index < -0.39 is 31.2 Å². The highest BCUT2D eigenvalue weighted by Crippen LogP contribution is 2.34. The van der Waals surface area contributed by atoms with Crippen molar-refractivity contribution in [1.82, 2.24) is 0 Å². The zero-order valence-corrected chi connectivity index (χ0v) is 31.3. The van der Waals surface area contributed by atoms with E-state index in [1.807, 2.05) is 38.1 Å². The van der Waals surface area contributed by atoms with E-state index in [1.165, 1.54) is 48.5 Å². The van der Waals surface area contributed by atoms with Crippen LogP contribution in [0.3, 0.4) is 0 Å². The molecule has 0 radical (unpaired) electrons. The van der Waals surface area contributed by atoms with Crippen LogP contribution in [-0.4, -0.2) is 33.1 Å². The molecule has 0 fully saturated rings. The minimum atomic E-state index is -4.49. The number of carbonyl (C=O) groups is 1. The van der Waals surface area contributed by atoms with Crippen LogP contribution in [0.25, 0.3) is 0 Å². The first-order valence-electron chi connectivity index (χ1n) is 16.3. The number of rotatable bonds is 15. The van der Waals surface area contributed by atoms with Gasteiger partial charge in [0, 0.05) is 16.7 Å². The van der Waals surface area contributed by atoms with Crippen molar-refractivity contribution in [2.24, 2.45) is 0 Å². The highest BCUT2D eigenvalue weighted by atomic mass is 32.3.